The highest BCUT2D eigenvalue weighted by Gasteiger charge is 2.27. The molecule has 0 saturated carbocycles. The van der Waals surface area contributed by atoms with Gasteiger partial charge >= 0.3 is 0 Å². The largest absolute Gasteiger partial charge is 0.359 e. The molecule has 1 aliphatic rings. The summed E-state index contributed by atoms with van der Waals surface area (Å²) in [5.41, 5.74) is 0. The minimum absolute atomic E-state index is 0.0433. The molecule has 1 aromatic carbocycles. The average Bonchev–Trinajstić information content (AvgIpc) is 2.56. The number of hydrogen-bond donors (Lipinski definition) is 1. The van der Waals surface area contributed by atoms with E-state index in [1.165, 1.54) is 0 Å². The Morgan fingerprint density at radius 1 is 1.36 bits per heavy atom. The second-order valence-corrected chi connectivity index (χ2v) is 7.43. The van der Waals surface area contributed by atoms with Gasteiger partial charge in [-0.2, -0.15) is 0 Å². The zero-order chi connectivity index (χ0) is 15.9. The summed E-state index contributed by atoms with van der Waals surface area (Å²) in [6, 6.07) is 8.09. The third-order valence-corrected chi connectivity index (χ3v) is 5.33. The van der Waals surface area contributed by atoms with Crippen molar-refractivity contribution in [3.05, 3.63) is 28.7 Å². The van der Waals surface area contributed by atoms with E-state index in [0.717, 1.165) is 34.5 Å². The first-order valence-corrected chi connectivity index (χ1v) is 9.25. The maximum absolute atomic E-state index is 12.3. The van der Waals surface area contributed by atoms with E-state index in [4.69, 9.17) is 0 Å². The number of nitrogens with one attached hydrogen (secondary N) is 1. The zero-order valence-electron chi connectivity index (χ0n) is 12.7. The first kappa shape index (κ1) is 17.3. The lowest BCUT2D eigenvalue weighted by atomic mass is 9.97. The van der Waals surface area contributed by atoms with Gasteiger partial charge in [-0.3, -0.25) is 9.59 Å². The number of carbonyl (C=O) groups is 2. The summed E-state index contributed by atoms with van der Waals surface area (Å²) in [7, 11) is 1.65. The molecule has 0 spiro atoms. The second kappa shape index (κ2) is 8.58. The fourth-order valence-electron chi connectivity index (χ4n) is 2.57. The molecule has 22 heavy (non-hydrogen) atoms. The SMILES string of the molecule is CNC(=O)C1CCCN(C(=O)CCSc2ccc(Br)cc2)C1. The number of amides is 2. The molecule has 1 N–H and O–H groups in total. The fourth-order valence-corrected chi connectivity index (χ4v) is 3.67. The lowest BCUT2D eigenvalue weighted by Crippen LogP contribution is -2.44. The van der Waals surface area contributed by atoms with Crippen molar-refractivity contribution in [2.45, 2.75) is 24.2 Å². The molecule has 1 saturated heterocycles. The standard InChI is InChI=1S/C16H21BrN2O2S/c1-18-16(21)12-3-2-9-19(11-12)15(20)8-10-22-14-6-4-13(17)5-7-14/h4-7,12H,2-3,8-11H2,1H3,(H,18,21). The number of hydrogen-bond acceptors (Lipinski definition) is 3. The van der Waals surface area contributed by atoms with Crippen LogP contribution in [0.4, 0.5) is 0 Å². The summed E-state index contributed by atoms with van der Waals surface area (Å²) in [5.74, 6) is 0.906. The minimum atomic E-state index is -0.0539. The van der Waals surface area contributed by atoms with Crippen LogP contribution in [0.15, 0.2) is 33.6 Å². The molecule has 0 bridgehead atoms. The number of benzene rings is 1. The topological polar surface area (TPSA) is 49.4 Å². The first-order valence-electron chi connectivity index (χ1n) is 7.48. The molecule has 0 aromatic heterocycles. The highest BCUT2D eigenvalue weighted by atomic mass is 79.9. The third-order valence-electron chi connectivity index (χ3n) is 3.79. The van der Waals surface area contributed by atoms with Crippen LogP contribution in [0.1, 0.15) is 19.3 Å². The van der Waals surface area contributed by atoms with Crippen molar-refractivity contribution in [3.63, 3.8) is 0 Å². The molecule has 2 amide bonds. The van der Waals surface area contributed by atoms with Crippen molar-refractivity contribution in [1.82, 2.24) is 10.2 Å². The molecule has 1 aromatic rings. The molecule has 1 fully saturated rings. The molecule has 1 unspecified atom stereocenters. The molecule has 4 nitrogen and oxygen atoms in total. The molecule has 1 heterocycles. The van der Waals surface area contributed by atoms with Crippen molar-refractivity contribution in [2.75, 3.05) is 25.9 Å². The summed E-state index contributed by atoms with van der Waals surface area (Å²) in [5, 5.41) is 2.68. The fraction of sp³-hybridized carbons (Fsp3) is 0.500. The van der Waals surface area contributed by atoms with Crippen LogP contribution in [0.25, 0.3) is 0 Å². The van der Waals surface area contributed by atoms with Crippen molar-refractivity contribution in [1.29, 1.82) is 0 Å². The molecule has 0 aliphatic carbocycles. The van der Waals surface area contributed by atoms with Gasteiger partial charge < -0.3 is 10.2 Å². The van der Waals surface area contributed by atoms with E-state index in [9.17, 15) is 9.59 Å². The van der Waals surface area contributed by atoms with Crippen LogP contribution in [0.5, 0.6) is 0 Å². The molecule has 1 aliphatic heterocycles. The summed E-state index contributed by atoms with van der Waals surface area (Å²) >= 11 is 5.09. The highest BCUT2D eigenvalue weighted by Crippen LogP contribution is 2.22. The highest BCUT2D eigenvalue weighted by molar-refractivity contribution is 9.10. The number of piperidine rings is 1. The van der Waals surface area contributed by atoms with Gasteiger partial charge in [0.1, 0.15) is 0 Å². The average molecular weight is 385 g/mol. The number of rotatable bonds is 5. The van der Waals surface area contributed by atoms with Crippen LogP contribution < -0.4 is 5.32 Å². The Morgan fingerprint density at radius 3 is 2.77 bits per heavy atom. The maximum atomic E-state index is 12.3. The Morgan fingerprint density at radius 2 is 2.09 bits per heavy atom. The Labute approximate surface area is 144 Å². The van der Waals surface area contributed by atoms with E-state index >= 15 is 0 Å². The first-order chi connectivity index (χ1) is 10.6. The van der Waals surface area contributed by atoms with Gasteiger partial charge in [0, 0.05) is 41.7 Å². The van der Waals surface area contributed by atoms with Gasteiger partial charge in [0.25, 0.3) is 0 Å². The molecule has 1 atom stereocenters. The summed E-state index contributed by atoms with van der Waals surface area (Å²) in [4.78, 5) is 27.0. The van der Waals surface area contributed by atoms with Gasteiger partial charge in [-0.15, -0.1) is 11.8 Å². The molecule has 120 valence electrons. The van der Waals surface area contributed by atoms with E-state index in [0.29, 0.717) is 13.0 Å². The summed E-state index contributed by atoms with van der Waals surface area (Å²) < 4.78 is 1.06. The van der Waals surface area contributed by atoms with Crippen LogP contribution in [0.2, 0.25) is 0 Å². The summed E-state index contributed by atoms with van der Waals surface area (Å²) in [6.45, 7) is 1.33. The van der Waals surface area contributed by atoms with E-state index in [1.807, 2.05) is 29.2 Å². The van der Waals surface area contributed by atoms with Gasteiger partial charge in [-0.05, 0) is 37.1 Å². The quantitative estimate of drug-likeness (QED) is 0.793. The van der Waals surface area contributed by atoms with Gasteiger partial charge in [0.05, 0.1) is 5.92 Å². The summed E-state index contributed by atoms with van der Waals surface area (Å²) in [6.07, 6.45) is 2.29. The number of nitrogens with zero attached hydrogens (tertiary/aromatic N) is 1. The normalized spacial score (nSPS) is 18.1. The van der Waals surface area contributed by atoms with Crippen LogP contribution >= 0.6 is 27.7 Å². The monoisotopic (exact) mass is 384 g/mol. The van der Waals surface area contributed by atoms with Crippen LogP contribution in [-0.4, -0.2) is 42.6 Å². The molecule has 2 rings (SSSR count). The molecule has 0 radical (unpaired) electrons. The van der Waals surface area contributed by atoms with Gasteiger partial charge in [-0.1, -0.05) is 15.9 Å². The number of halogens is 1. The van der Waals surface area contributed by atoms with Crippen molar-refractivity contribution < 1.29 is 9.59 Å². The molecular weight excluding hydrogens is 364 g/mol. The van der Waals surface area contributed by atoms with Gasteiger partial charge in [0.15, 0.2) is 0 Å². The van der Waals surface area contributed by atoms with Gasteiger partial charge in [-0.25, -0.2) is 0 Å². The van der Waals surface area contributed by atoms with Crippen LogP contribution in [0, 0.1) is 5.92 Å². The van der Waals surface area contributed by atoms with E-state index in [2.05, 4.69) is 21.2 Å². The zero-order valence-corrected chi connectivity index (χ0v) is 15.1. The van der Waals surface area contributed by atoms with E-state index in [1.54, 1.807) is 18.8 Å². The van der Waals surface area contributed by atoms with E-state index < -0.39 is 0 Å². The van der Waals surface area contributed by atoms with Crippen molar-refractivity contribution in [3.8, 4) is 0 Å². The Kier molecular flexibility index (Phi) is 6.76. The molecule has 6 heteroatoms. The van der Waals surface area contributed by atoms with Crippen LogP contribution in [-0.2, 0) is 9.59 Å². The Hall–Kier alpha value is -1.01. The Bertz CT molecular complexity index is 521. The number of carbonyl (C=O) groups excluding carboxylic acids is 2. The number of thioether (sulfide) groups is 1. The minimum Gasteiger partial charge on any atom is -0.359 e. The Balaban J connectivity index is 1.77. The van der Waals surface area contributed by atoms with E-state index in [-0.39, 0.29) is 17.7 Å². The maximum Gasteiger partial charge on any atom is 0.224 e. The van der Waals surface area contributed by atoms with Crippen LogP contribution in [0.3, 0.4) is 0 Å². The lowest BCUT2D eigenvalue weighted by Gasteiger charge is -2.31. The third kappa shape index (κ3) is 5.02. The predicted octanol–water partition coefficient (Wildman–Crippen LogP) is 2.92. The lowest BCUT2D eigenvalue weighted by molar-refractivity contribution is -0.135. The van der Waals surface area contributed by atoms with Gasteiger partial charge in [0.2, 0.25) is 11.8 Å². The number of likely N-dealkylation sites (tertiary alicyclic amines) is 1. The van der Waals surface area contributed by atoms with Crippen molar-refractivity contribution in [2.24, 2.45) is 5.92 Å². The molecular formula is C16H21BrN2O2S. The predicted molar refractivity (Wildman–Crippen MR) is 92.9 cm³/mol. The second-order valence-electron chi connectivity index (χ2n) is 5.35. The van der Waals surface area contributed by atoms with Crippen molar-refractivity contribution >= 4 is 39.5 Å². The smallest absolute Gasteiger partial charge is 0.224 e.